The van der Waals surface area contributed by atoms with E-state index in [1.165, 1.54) is 23.8 Å². The first-order chi connectivity index (χ1) is 12.3. The number of halogens is 1. The lowest BCUT2D eigenvalue weighted by molar-refractivity contribution is 0.291. The van der Waals surface area contributed by atoms with Crippen molar-refractivity contribution < 1.29 is 12.8 Å². The van der Waals surface area contributed by atoms with Gasteiger partial charge in [0.15, 0.2) is 5.03 Å². The number of hydrogen-bond donors (Lipinski definition) is 1. The second-order valence-electron chi connectivity index (χ2n) is 6.95. The van der Waals surface area contributed by atoms with Crippen LogP contribution in [0.3, 0.4) is 0 Å². The van der Waals surface area contributed by atoms with Crippen LogP contribution in [0.25, 0.3) is 11.1 Å². The number of sulfonamides is 1. The summed E-state index contributed by atoms with van der Waals surface area (Å²) in [7, 11) is -3.81. The van der Waals surface area contributed by atoms with Gasteiger partial charge in [0.1, 0.15) is 5.82 Å². The zero-order chi connectivity index (χ0) is 18.9. The number of hydrogen-bond acceptors (Lipinski definition) is 3. The number of benzene rings is 1. The highest BCUT2D eigenvalue weighted by molar-refractivity contribution is 7.89. The summed E-state index contributed by atoms with van der Waals surface area (Å²) in [4.78, 5) is 4.03. The molecule has 26 heavy (non-hydrogen) atoms. The molecule has 0 radical (unpaired) electrons. The number of nitrogens with zero attached hydrogens (tertiary/aromatic N) is 1. The number of rotatable bonds is 5. The molecule has 0 spiro atoms. The Morgan fingerprint density at radius 1 is 1.00 bits per heavy atom. The summed E-state index contributed by atoms with van der Waals surface area (Å²) < 4.78 is 36.2. The maximum absolute atomic E-state index is 13.3. The van der Waals surface area contributed by atoms with Gasteiger partial charge in [-0.2, -0.15) is 0 Å². The fourth-order valence-electron chi connectivity index (χ4n) is 3.71. The molecular formula is C20H23FN2O2S. The average molecular weight is 374 g/mol. The van der Waals surface area contributed by atoms with Gasteiger partial charge < -0.3 is 0 Å². The standard InChI is InChI=1S/C20H23FN2O2S/c1-3-20(4-2)11-17(14-5-8-16(21)9-6-14)18(12-20)15-7-10-19(23-13-15)26(22,24)25/h5-10,13H,3-4,11-12H2,1-2H3,(H2,22,24,25). The van der Waals surface area contributed by atoms with Crippen LogP contribution >= 0.6 is 0 Å². The predicted molar refractivity (Wildman–Crippen MR) is 101 cm³/mol. The highest BCUT2D eigenvalue weighted by atomic mass is 32.2. The zero-order valence-electron chi connectivity index (χ0n) is 15.0. The number of primary sulfonamides is 1. The number of nitrogens with two attached hydrogens (primary N) is 1. The third-order valence-electron chi connectivity index (χ3n) is 5.54. The number of pyridine rings is 1. The van der Waals surface area contributed by atoms with Gasteiger partial charge in [0.2, 0.25) is 0 Å². The Morgan fingerprint density at radius 2 is 1.54 bits per heavy atom. The molecule has 0 bridgehead atoms. The van der Waals surface area contributed by atoms with E-state index in [1.807, 2.05) is 0 Å². The fraction of sp³-hybridized carbons (Fsp3) is 0.350. The van der Waals surface area contributed by atoms with Crippen LogP contribution in [0, 0.1) is 11.2 Å². The Kier molecular flexibility index (Phi) is 4.99. The van der Waals surface area contributed by atoms with Gasteiger partial charge in [0.05, 0.1) is 0 Å². The van der Waals surface area contributed by atoms with E-state index in [4.69, 9.17) is 5.14 Å². The predicted octanol–water partition coefficient (Wildman–Crippen LogP) is 4.38. The zero-order valence-corrected chi connectivity index (χ0v) is 15.8. The van der Waals surface area contributed by atoms with Crippen LogP contribution in [0.2, 0.25) is 0 Å². The van der Waals surface area contributed by atoms with Crippen molar-refractivity contribution in [2.45, 2.75) is 44.6 Å². The van der Waals surface area contributed by atoms with Crippen molar-refractivity contribution in [3.8, 4) is 0 Å². The molecule has 0 saturated heterocycles. The lowest BCUT2D eigenvalue weighted by atomic mass is 9.78. The fourth-order valence-corrected chi connectivity index (χ4v) is 4.16. The van der Waals surface area contributed by atoms with Crippen molar-refractivity contribution in [1.82, 2.24) is 4.98 Å². The molecule has 6 heteroatoms. The van der Waals surface area contributed by atoms with Crippen molar-refractivity contribution in [3.05, 3.63) is 59.5 Å². The van der Waals surface area contributed by atoms with Gasteiger partial charge in [-0.05, 0) is 71.6 Å². The van der Waals surface area contributed by atoms with Crippen molar-refractivity contribution in [1.29, 1.82) is 0 Å². The largest absolute Gasteiger partial charge is 0.255 e. The molecule has 3 rings (SSSR count). The Hall–Kier alpha value is -2.05. The summed E-state index contributed by atoms with van der Waals surface area (Å²) in [5.74, 6) is -0.259. The van der Waals surface area contributed by atoms with Gasteiger partial charge in [-0.15, -0.1) is 0 Å². The second-order valence-corrected chi connectivity index (χ2v) is 8.46. The minimum absolute atomic E-state index is 0.138. The second kappa shape index (κ2) is 6.93. The van der Waals surface area contributed by atoms with E-state index in [2.05, 4.69) is 18.8 Å². The lowest BCUT2D eigenvalue weighted by Crippen LogP contribution is -2.15. The maximum Gasteiger partial charge on any atom is 0.255 e. The molecule has 1 heterocycles. The molecule has 1 aliphatic rings. The van der Waals surface area contributed by atoms with Crippen molar-refractivity contribution in [2.24, 2.45) is 10.6 Å². The molecule has 0 fully saturated rings. The topological polar surface area (TPSA) is 73.1 Å². The van der Waals surface area contributed by atoms with Gasteiger partial charge in [-0.1, -0.05) is 32.0 Å². The van der Waals surface area contributed by atoms with Gasteiger partial charge in [-0.3, -0.25) is 0 Å². The molecule has 4 nitrogen and oxygen atoms in total. The number of allylic oxidation sites excluding steroid dienone is 2. The van der Waals surface area contributed by atoms with Crippen LogP contribution in [-0.2, 0) is 10.0 Å². The van der Waals surface area contributed by atoms with E-state index in [0.29, 0.717) is 0 Å². The normalized spacial score (nSPS) is 16.9. The monoisotopic (exact) mass is 374 g/mol. The Bertz CT molecular complexity index is 929. The van der Waals surface area contributed by atoms with Crippen LogP contribution in [0.15, 0.2) is 47.6 Å². The van der Waals surface area contributed by atoms with E-state index >= 15 is 0 Å². The first kappa shape index (κ1) is 18.7. The minimum Gasteiger partial charge on any atom is -0.243 e. The van der Waals surface area contributed by atoms with Crippen LogP contribution in [-0.4, -0.2) is 13.4 Å². The molecule has 0 saturated carbocycles. The first-order valence-electron chi connectivity index (χ1n) is 8.75. The molecule has 0 unspecified atom stereocenters. The molecule has 2 aromatic rings. The molecular weight excluding hydrogens is 351 g/mol. The van der Waals surface area contributed by atoms with E-state index in [1.54, 1.807) is 24.4 Å². The Morgan fingerprint density at radius 3 is 2.00 bits per heavy atom. The van der Waals surface area contributed by atoms with Gasteiger partial charge in [0.25, 0.3) is 10.0 Å². The summed E-state index contributed by atoms with van der Waals surface area (Å²) in [5.41, 5.74) is 4.38. The Balaban J connectivity index is 2.09. The summed E-state index contributed by atoms with van der Waals surface area (Å²) in [6.45, 7) is 4.38. The van der Waals surface area contributed by atoms with E-state index in [0.717, 1.165) is 42.4 Å². The highest BCUT2D eigenvalue weighted by Gasteiger charge is 2.36. The van der Waals surface area contributed by atoms with Gasteiger partial charge in [-0.25, -0.2) is 22.9 Å². The van der Waals surface area contributed by atoms with Crippen molar-refractivity contribution in [2.75, 3.05) is 0 Å². The van der Waals surface area contributed by atoms with Gasteiger partial charge in [0, 0.05) is 6.20 Å². The third kappa shape index (κ3) is 3.57. The first-order valence-corrected chi connectivity index (χ1v) is 10.3. The molecule has 0 amide bonds. The average Bonchev–Trinajstić information content (AvgIpc) is 3.02. The Labute approximate surface area is 154 Å². The molecule has 1 aliphatic carbocycles. The van der Waals surface area contributed by atoms with E-state index in [-0.39, 0.29) is 16.3 Å². The minimum atomic E-state index is -3.81. The van der Waals surface area contributed by atoms with Crippen LogP contribution < -0.4 is 5.14 Å². The third-order valence-corrected chi connectivity index (χ3v) is 6.36. The molecule has 138 valence electrons. The highest BCUT2D eigenvalue weighted by Crippen LogP contribution is 2.53. The lowest BCUT2D eigenvalue weighted by Gasteiger charge is -2.26. The van der Waals surface area contributed by atoms with E-state index in [9.17, 15) is 12.8 Å². The van der Waals surface area contributed by atoms with Crippen molar-refractivity contribution >= 4 is 21.2 Å². The van der Waals surface area contributed by atoms with E-state index < -0.39 is 10.0 Å². The molecule has 1 aromatic heterocycles. The smallest absolute Gasteiger partial charge is 0.243 e. The molecule has 2 N–H and O–H groups in total. The van der Waals surface area contributed by atoms with Gasteiger partial charge >= 0.3 is 0 Å². The van der Waals surface area contributed by atoms with Crippen LogP contribution in [0.4, 0.5) is 4.39 Å². The molecule has 0 atom stereocenters. The van der Waals surface area contributed by atoms with Crippen LogP contribution in [0.1, 0.15) is 50.7 Å². The van der Waals surface area contributed by atoms with Crippen molar-refractivity contribution in [3.63, 3.8) is 0 Å². The summed E-state index contributed by atoms with van der Waals surface area (Å²) in [5, 5.41) is 5.00. The summed E-state index contributed by atoms with van der Waals surface area (Å²) >= 11 is 0. The number of aromatic nitrogens is 1. The quantitative estimate of drug-likeness (QED) is 0.844. The summed E-state index contributed by atoms with van der Waals surface area (Å²) in [6.07, 6.45) is 5.46. The summed E-state index contributed by atoms with van der Waals surface area (Å²) in [6, 6.07) is 9.75. The van der Waals surface area contributed by atoms with Crippen LogP contribution in [0.5, 0.6) is 0 Å². The maximum atomic E-state index is 13.3. The SMILES string of the molecule is CCC1(CC)CC(c2ccc(F)cc2)=C(c2ccc(S(N)(=O)=O)nc2)C1. The molecule has 1 aromatic carbocycles. The molecule has 0 aliphatic heterocycles.